The Balaban J connectivity index is 3.08. The second kappa shape index (κ2) is 2.96. The van der Waals surface area contributed by atoms with Gasteiger partial charge in [0.05, 0.1) is 0 Å². The van der Waals surface area contributed by atoms with Crippen molar-refractivity contribution in [1.29, 1.82) is 0 Å². The van der Waals surface area contributed by atoms with Gasteiger partial charge in [0, 0.05) is 11.8 Å². The van der Waals surface area contributed by atoms with Gasteiger partial charge >= 0.3 is 0 Å². The Morgan fingerprint density at radius 3 is 3.00 bits per heavy atom. The van der Waals surface area contributed by atoms with Crippen LogP contribution in [0.3, 0.4) is 0 Å². The minimum atomic E-state index is -0.370. The van der Waals surface area contributed by atoms with Crippen molar-refractivity contribution < 1.29 is 4.79 Å². The second-order valence-electron chi connectivity index (χ2n) is 2.01. The van der Waals surface area contributed by atoms with Gasteiger partial charge in [0.25, 0.3) is 5.56 Å². The third-order valence-corrected chi connectivity index (χ3v) is 1.07. The van der Waals surface area contributed by atoms with E-state index in [4.69, 9.17) is 0 Å². The molecule has 58 valence electrons. The molecule has 0 spiro atoms. The third kappa shape index (κ3) is 1.89. The number of nitrogens with one attached hydrogen (secondary N) is 2. The number of amides is 1. The summed E-state index contributed by atoms with van der Waals surface area (Å²) in [5, 5.41) is 2.24. The van der Waals surface area contributed by atoms with E-state index < -0.39 is 0 Å². The zero-order chi connectivity index (χ0) is 8.27. The predicted octanol–water partition coefficient (Wildman–Crippen LogP) is -0.353. The lowest BCUT2D eigenvalue weighted by molar-refractivity contribution is -0.105. The SMILES string of the molecule is Cc1cc(=O)nc(NC=O)[nH]1. The van der Waals surface area contributed by atoms with Crippen molar-refractivity contribution in [3.63, 3.8) is 0 Å². The number of hydrogen-bond acceptors (Lipinski definition) is 3. The third-order valence-electron chi connectivity index (χ3n) is 1.07. The van der Waals surface area contributed by atoms with Gasteiger partial charge in [-0.25, -0.2) is 0 Å². The highest BCUT2D eigenvalue weighted by atomic mass is 16.1. The summed E-state index contributed by atoms with van der Waals surface area (Å²) in [6.07, 6.45) is 0.456. The highest BCUT2D eigenvalue weighted by molar-refractivity contribution is 5.66. The van der Waals surface area contributed by atoms with Gasteiger partial charge in [0.1, 0.15) is 0 Å². The van der Waals surface area contributed by atoms with E-state index in [1.165, 1.54) is 6.07 Å². The molecule has 5 nitrogen and oxygen atoms in total. The standard InChI is InChI=1S/C6H7N3O2/c1-4-2-5(11)9-6(8-4)7-3-10/h2-3H,1H3,(H2,7,8,9,10,11). The molecule has 1 aromatic rings. The lowest BCUT2D eigenvalue weighted by Gasteiger charge is -1.96. The molecule has 1 amide bonds. The van der Waals surface area contributed by atoms with E-state index in [9.17, 15) is 9.59 Å². The minimum absolute atomic E-state index is 0.171. The molecule has 5 heteroatoms. The fourth-order valence-corrected chi connectivity index (χ4v) is 0.703. The second-order valence-corrected chi connectivity index (χ2v) is 2.01. The maximum absolute atomic E-state index is 10.7. The van der Waals surface area contributed by atoms with E-state index in [-0.39, 0.29) is 11.5 Å². The molecule has 0 unspecified atom stereocenters. The molecule has 0 aliphatic carbocycles. The number of H-pyrrole nitrogens is 1. The van der Waals surface area contributed by atoms with Crippen LogP contribution in [0.15, 0.2) is 10.9 Å². The van der Waals surface area contributed by atoms with Crippen LogP contribution in [-0.2, 0) is 4.79 Å². The summed E-state index contributed by atoms with van der Waals surface area (Å²) < 4.78 is 0. The Bertz CT molecular complexity index is 318. The first-order chi connectivity index (χ1) is 5.22. The number of aromatic nitrogens is 2. The molecule has 0 radical (unpaired) electrons. The topological polar surface area (TPSA) is 74.8 Å². The van der Waals surface area contributed by atoms with Gasteiger partial charge in [-0.15, -0.1) is 0 Å². The van der Waals surface area contributed by atoms with Gasteiger partial charge in [-0.2, -0.15) is 4.98 Å². The molecule has 1 aromatic heterocycles. The number of carbonyl (C=O) groups excluding carboxylic acids is 1. The van der Waals surface area contributed by atoms with Gasteiger partial charge in [-0.1, -0.05) is 0 Å². The van der Waals surface area contributed by atoms with Gasteiger partial charge in [0.15, 0.2) is 0 Å². The quantitative estimate of drug-likeness (QED) is 0.570. The van der Waals surface area contributed by atoms with Crippen molar-refractivity contribution in [2.24, 2.45) is 0 Å². The summed E-state index contributed by atoms with van der Waals surface area (Å²) in [5.74, 6) is 0.171. The summed E-state index contributed by atoms with van der Waals surface area (Å²) >= 11 is 0. The molecule has 0 atom stereocenters. The summed E-state index contributed by atoms with van der Waals surface area (Å²) in [7, 11) is 0. The van der Waals surface area contributed by atoms with Crippen molar-refractivity contribution in [2.75, 3.05) is 5.32 Å². The average Bonchev–Trinajstić information content (AvgIpc) is 1.85. The van der Waals surface area contributed by atoms with Crippen LogP contribution < -0.4 is 10.9 Å². The molecule has 2 N–H and O–H groups in total. The molecule has 1 heterocycles. The monoisotopic (exact) mass is 153 g/mol. The molecule has 0 fully saturated rings. The van der Waals surface area contributed by atoms with Crippen molar-refractivity contribution in [2.45, 2.75) is 6.92 Å². The van der Waals surface area contributed by atoms with Gasteiger partial charge < -0.3 is 4.98 Å². The van der Waals surface area contributed by atoms with Crippen LogP contribution in [0.1, 0.15) is 5.69 Å². The van der Waals surface area contributed by atoms with E-state index in [1.54, 1.807) is 6.92 Å². The molecule has 0 aliphatic rings. The lowest BCUT2D eigenvalue weighted by atomic mass is 10.4. The smallest absolute Gasteiger partial charge is 0.274 e. The van der Waals surface area contributed by atoms with Crippen LogP contribution in [0, 0.1) is 6.92 Å². The summed E-state index contributed by atoms with van der Waals surface area (Å²) in [6.45, 7) is 1.71. The number of anilines is 1. The van der Waals surface area contributed by atoms with E-state index in [2.05, 4.69) is 15.3 Å². The lowest BCUT2D eigenvalue weighted by Crippen LogP contribution is -2.11. The highest BCUT2D eigenvalue weighted by Crippen LogP contribution is 1.92. The van der Waals surface area contributed by atoms with E-state index >= 15 is 0 Å². The maximum atomic E-state index is 10.7. The number of nitrogens with zero attached hydrogens (tertiary/aromatic N) is 1. The highest BCUT2D eigenvalue weighted by Gasteiger charge is 1.93. The van der Waals surface area contributed by atoms with Gasteiger partial charge in [0.2, 0.25) is 12.4 Å². The van der Waals surface area contributed by atoms with Crippen molar-refractivity contribution in [1.82, 2.24) is 9.97 Å². The first kappa shape index (κ1) is 7.46. The van der Waals surface area contributed by atoms with Crippen LogP contribution in [0.25, 0.3) is 0 Å². The Labute approximate surface area is 62.5 Å². The summed E-state index contributed by atoms with van der Waals surface area (Å²) in [4.78, 5) is 26.8. The molecular formula is C6H7N3O2. The molecule has 1 rings (SSSR count). The molecule has 11 heavy (non-hydrogen) atoms. The first-order valence-electron chi connectivity index (χ1n) is 3.00. The largest absolute Gasteiger partial charge is 0.329 e. The fourth-order valence-electron chi connectivity index (χ4n) is 0.703. The van der Waals surface area contributed by atoms with Crippen molar-refractivity contribution >= 4 is 12.4 Å². The van der Waals surface area contributed by atoms with E-state index in [0.29, 0.717) is 12.1 Å². The van der Waals surface area contributed by atoms with Crippen molar-refractivity contribution in [3.05, 3.63) is 22.1 Å². The molecular weight excluding hydrogens is 146 g/mol. The molecule has 0 aliphatic heterocycles. The minimum Gasteiger partial charge on any atom is -0.329 e. The predicted molar refractivity (Wildman–Crippen MR) is 39.3 cm³/mol. The summed E-state index contributed by atoms with van der Waals surface area (Å²) in [5.41, 5.74) is 0.292. The number of carbonyl (C=O) groups is 1. The maximum Gasteiger partial charge on any atom is 0.274 e. The molecule has 0 saturated heterocycles. The molecule has 0 bridgehead atoms. The van der Waals surface area contributed by atoms with E-state index in [1.807, 2.05) is 0 Å². The number of aromatic amines is 1. The Morgan fingerprint density at radius 1 is 1.73 bits per heavy atom. The summed E-state index contributed by atoms with van der Waals surface area (Å²) in [6, 6.07) is 1.34. The van der Waals surface area contributed by atoms with Crippen LogP contribution in [0.2, 0.25) is 0 Å². The Hall–Kier alpha value is -1.65. The fraction of sp³-hybridized carbons (Fsp3) is 0.167. The van der Waals surface area contributed by atoms with Crippen LogP contribution in [0.5, 0.6) is 0 Å². The molecule has 0 aromatic carbocycles. The van der Waals surface area contributed by atoms with Crippen LogP contribution in [-0.4, -0.2) is 16.4 Å². The zero-order valence-electron chi connectivity index (χ0n) is 5.92. The van der Waals surface area contributed by atoms with Crippen molar-refractivity contribution in [3.8, 4) is 0 Å². The van der Waals surface area contributed by atoms with E-state index in [0.717, 1.165) is 0 Å². The van der Waals surface area contributed by atoms with Crippen LogP contribution >= 0.6 is 0 Å². The molecule has 0 saturated carbocycles. The average molecular weight is 153 g/mol. The zero-order valence-corrected chi connectivity index (χ0v) is 5.92. The number of hydrogen-bond donors (Lipinski definition) is 2. The number of rotatable bonds is 2. The first-order valence-corrected chi connectivity index (χ1v) is 3.00. The van der Waals surface area contributed by atoms with Gasteiger partial charge in [-0.05, 0) is 6.92 Å². The normalized spacial score (nSPS) is 9.18. The Morgan fingerprint density at radius 2 is 2.45 bits per heavy atom. The Kier molecular flexibility index (Phi) is 2.00. The number of aryl methyl sites for hydroxylation is 1. The van der Waals surface area contributed by atoms with Gasteiger partial charge in [-0.3, -0.25) is 14.9 Å². The van der Waals surface area contributed by atoms with Crippen LogP contribution in [0.4, 0.5) is 5.95 Å².